The van der Waals surface area contributed by atoms with Crippen molar-refractivity contribution in [2.24, 2.45) is 5.41 Å². The summed E-state index contributed by atoms with van der Waals surface area (Å²) in [7, 11) is 0. The van der Waals surface area contributed by atoms with Crippen LogP contribution in [-0.2, 0) is 13.0 Å². The second kappa shape index (κ2) is 5.10. The highest BCUT2D eigenvalue weighted by Gasteiger charge is 2.29. The Bertz CT molecular complexity index is 429. The molecule has 1 fully saturated rings. The molecular formula is C15H23ClN2. The SMILES string of the molecule is CC1(C)CCN(Cc2cccc3c2NCC3)C1.Cl. The summed E-state index contributed by atoms with van der Waals surface area (Å²) in [6.07, 6.45) is 2.52. The maximum Gasteiger partial charge on any atom is 0.0419 e. The van der Waals surface area contributed by atoms with E-state index in [1.807, 2.05) is 0 Å². The summed E-state index contributed by atoms with van der Waals surface area (Å²) in [4.78, 5) is 2.59. The van der Waals surface area contributed by atoms with Gasteiger partial charge in [0.05, 0.1) is 0 Å². The van der Waals surface area contributed by atoms with Crippen LogP contribution in [0.5, 0.6) is 0 Å². The lowest BCUT2D eigenvalue weighted by Gasteiger charge is -2.21. The summed E-state index contributed by atoms with van der Waals surface area (Å²) in [5.41, 5.74) is 4.90. The quantitative estimate of drug-likeness (QED) is 0.884. The number of likely N-dealkylation sites (tertiary alicyclic amines) is 1. The van der Waals surface area contributed by atoms with E-state index >= 15 is 0 Å². The third-order valence-electron chi connectivity index (χ3n) is 4.08. The molecule has 0 amide bonds. The van der Waals surface area contributed by atoms with Gasteiger partial charge >= 0.3 is 0 Å². The van der Waals surface area contributed by atoms with Crippen molar-refractivity contribution in [1.29, 1.82) is 0 Å². The lowest BCUT2D eigenvalue weighted by Crippen LogP contribution is -2.23. The van der Waals surface area contributed by atoms with Gasteiger partial charge in [0.1, 0.15) is 0 Å². The van der Waals surface area contributed by atoms with Crippen LogP contribution >= 0.6 is 12.4 Å². The minimum Gasteiger partial charge on any atom is -0.384 e. The van der Waals surface area contributed by atoms with E-state index in [0.717, 1.165) is 13.1 Å². The molecule has 2 heterocycles. The van der Waals surface area contributed by atoms with Gasteiger partial charge < -0.3 is 5.32 Å². The molecule has 2 aliphatic rings. The predicted molar refractivity (Wildman–Crippen MR) is 79.6 cm³/mol. The van der Waals surface area contributed by atoms with E-state index in [2.05, 4.69) is 42.3 Å². The monoisotopic (exact) mass is 266 g/mol. The first-order chi connectivity index (χ1) is 8.14. The molecular weight excluding hydrogens is 244 g/mol. The molecule has 3 rings (SSSR count). The Morgan fingerprint density at radius 1 is 1.33 bits per heavy atom. The third kappa shape index (κ3) is 2.65. The number of hydrogen-bond acceptors (Lipinski definition) is 2. The van der Waals surface area contributed by atoms with Crippen molar-refractivity contribution < 1.29 is 0 Å². The Morgan fingerprint density at radius 2 is 2.17 bits per heavy atom. The zero-order valence-corrected chi connectivity index (χ0v) is 12.1. The summed E-state index contributed by atoms with van der Waals surface area (Å²) in [6.45, 7) is 9.45. The van der Waals surface area contributed by atoms with Gasteiger partial charge in [0.25, 0.3) is 0 Å². The van der Waals surface area contributed by atoms with Crippen molar-refractivity contribution in [1.82, 2.24) is 4.90 Å². The van der Waals surface area contributed by atoms with E-state index in [1.165, 1.54) is 42.7 Å². The van der Waals surface area contributed by atoms with Crippen LogP contribution in [0.25, 0.3) is 0 Å². The van der Waals surface area contributed by atoms with Crippen LogP contribution in [0.2, 0.25) is 0 Å². The van der Waals surface area contributed by atoms with Crippen LogP contribution in [-0.4, -0.2) is 24.5 Å². The molecule has 0 unspecified atom stereocenters. The zero-order valence-electron chi connectivity index (χ0n) is 11.3. The lowest BCUT2D eigenvalue weighted by atomic mass is 9.93. The highest BCUT2D eigenvalue weighted by molar-refractivity contribution is 5.85. The second-order valence-corrected chi connectivity index (χ2v) is 6.25. The third-order valence-corrected chi connectivity index (χ3v) is 4.08. The standard InChI is InChI=1S/C15H22N2.ClH/c1-15(2)7-9-17(11-15)10-13-5-3-4-12-6-8-16-14(12)13;/h3-5,16H,6-11H2,1-2H3;1H. The fourth-order valence-electron chi connectivity index (χ4n) is 3.14. The molecule has 1 aromatic rings. The number of fused-ring (bicyclic) bond motifs is 1. The number of nitrogens with zero attached hydrogens (tertiary/aromatic N) is 1. The van der Waals surface area contributed by atoms with Crippen LogP contribution in [0.3, 0.4) is 0 Å². The van der Waals surface area contributed by atoms with Crippen molar-refractivity contribution >= 4 is 18.1 Å². The average Bonchev–Trinajstić information content (AvgIpc) is 2.85. The highest BCUT2D eigenvalue weighted by Crippen LogP contribution is 2.32. The molecule has 18 heavy (non-hydrogen) atoms. The Morgan fingerprint density at radius 3 is 2.89 bits per heavy atom. The molecule has 0 aliphatic carbocycles. The van der Waals surface area contributed by atoms with Gasteiger partial charge in [0.15, 0.2) is 0 Å². The normalized spacial score (nSPS) is 21.2. The van der Waals surface area contributed by atoms with Gasteiger partial charge in [-0.1, -0.05) is 32.0 Å². The minimum absolute atomic E-state index is 0. The summed E-state index contributed by atoms with van der Waals surface area (Å²) in [5, 5.41) is 3.54. The van der Waals surface area contributed by atoms with E-state index in [1.54, 1.807) is 0 Å². The smallest absolute Gasteiger partial charge is 0.0419 e. The Hall–Kier alpha value is -0.730. The summed E-state index contributed by atoms with van der Waals surface area (Å²) in [6, 6.07) is 6.75. The molecule has 0 saturated carbocycles. The Balaban J connectivity index is 0.00000120. The van der Waals surface area contributed by atoms with Crippen LogP contribution in [0.4, 0.5) is 5.69 Å². The van der Waals surface area contributed by atoms with E-state index in [0.29, 0.717) is 5.41 Å². The molecule has 0 spiro atoms. The van der Waals surface area contributed by atoms with Crippen molar-refractivity contribution in [3.8, 4) is 0 Å². The highest BCUT2D eigenvalue weighted by atomic mass is 35.5. The van der Waals surface area contributed by atoms with E-state index in [4.69, 9.17) is 0 Å². The van der Waals surface area contributed by atoms with Crippen molar-refractivity contribution in [2.45, 2.75) is 33.2 Å². The van der Waals surface area contributed by atoms with Crippen molar-refractivity contribution in [2.75, 3.05) is 25.0 Å². The number of para-hydroxylation sites is 1. The van der Waals surface area contributed by atoms with Gasteiger partial charge in [0.2, 0.25) is 0 Å². The fraction of sp³-hybridized carbons (Fsp3) is 0.600. The molecule has 1 N–H and O–H groups in total. The summed E-state index contributed by atoms with van der Waals surface area (Å²) in [5.74, 6) is 0. The van der Waals surface area contributed by atoms with Crippen LogP contribution in [0.15, 0.2) is 18.2 Å². The second-order valence-electron chi connectivity index (χ2n) is 6.25. The van der Waals surface area contributed by atoms with Gasteiger partial charge in [-0.05, 0) is 35.9 Å². The fourth-order valence-corrected chi connectivity index (χ4v) is 3.14. The molecule has 100 valence electrons. The van der Waals surface area contributed by atoms with E-state index in [-0.39, 0.29) is 12.4 Å². The van der Waals surface area contributed by atoms with Gasteiger partial charge in [-0.25, -0.2) is 0 Å². The van der Waals surface area contributed by atoms with Gasteiger partial charge in [-0.15, -0.1) is 12.4 Å². The summed E-state index contributed by atoms with van der Waals surface area (Å²) >= 11 is 0. The number of anilines is 1. The first-order valence-corrected chi connectivity index (χ1v) is 6.71. The maximum absolute atomic E-state index is 3.54. The van der Waals surface area contributed by atoms with Gasteiger partial charge in [-0.2, -0.15) is 0 Å². The van der Waals surface area contributed by atoms with Crippen molar-refractivity contribution in [3.05, 3.63) is 29.3 Å². The molecule has 0 atom stereocenters. The largest absolute Gasteiger partial charge is 0.384 e. The first-order valence-electron chi connectivity index (χ1n) is 6.71. The van der Waals surface area contributed by atoms with Gasteiger partial charge in [-0.3, -0.25) is 4.90 Å². The zero-order chi connectivity index (χ0) is 11.9. The molecule has 2 aliphatic heterocycles. The number of rotatable bonds is 2. The van der Waals surface area contributed by atoms with E-state index < -0.39 is 0 Å². The molecule has 3 heteroatoms. The van der Waals surface area contributed by atoms with Gasteiger partial charge in [0, 0.05) is 25.3 Å². The lowest BCUT2D eigenvalue weighted by molar-refractivity contribution is 0.285. The van der Waals surface area contributed by atoms with E-state index in [9.17, 15) is 0 Å². The van der Waals surface area contributed by atoms with Crippen LogP contribution in [0.1, 0.15) is 31.4 Å². The van der Waals surface area contributed by atoms with Crippen molar-refractivity contribution in [3.63, 3.8) is 0 Å². The average molecular weight is 267 g/mol. The molecule has 2 nitrogen and oxygen atoms in total. The molecule has 1 saturated heterocycles. The Kier molecular flexibility index (Phi) is 3.88. The topological polar surface area (TPSA) is 15.3 Å². The predicted octanol–water partition coefficient (Wildman–Crippen LogP) is 3.31. The number of halogens is 1. The molecule has 0 aromatic heterocycles. The maximum atomic E-state index is 3.54. The molecule has 1 aromatic carbocycles. The first kappa shape index (κ1) is 13.7. The van der Waals surface area contributed by atoms with Crippen LogP contribution < -0.4 is 5.32 Å². The summed E-state index contributed by atoms with van der Waals surface area (Å²) < 4.78 is 0. The minimum atomic E-state index is 0. The number of hydrogen-bond donors (Lipinski definition) is 1. The molecule has 0 bridgehead atoms. The number of nitrogens with one attached hydrogen (secondary N) is 1. The Labute approximate surface area is 116 Å². The van der Waals surface area contributed by atoms with Crippen LogP contribution in [0, 0.1) is 5.41 Å². The molecule has 0 radical (unpaired) electrons. The number of benzene rings is 1.